The van der Waals surface area contributed by atoms with E-state index < -0.39 is 0 Å². The number of ether oxygens (including phenoxy) is 1. The van der Waals surface area contributed by atoms with Gasteiger partial charge in [0.1, 0.15) is 0 Å². The minimum absolute atomic E-state index is 0.0602. The summed E-state index contributed by atoms with van der Waals surface area (Å²) in [5, 5.41) is 0. The predicted molar refractivity (Wildman–Crippen MR) is 41.2 cm³/mol. The summed E-state index contributed by atoms with van der Waals surface area (Å²) in [5.74, 6) is 0. The van der Waals surface area contributed by atoms with E-state index in [2.05, 4.69) is 29.6 Å². The lowest BCUT2D eigenvalue weighted by Crippen LogP contribution is -1.79. The smallest absolute Gasteiger partial charge is 0.255 e. The van der Waals surface area contributed by atoms with Gasteiger partial charge in [-0.2, -0.15) is 0 Å². The van der Waals surface area contributed by atoms with Gasteiger partial charge in [0.25, 0.3) is 4.51 Å². The summed E-state index contributed by atoms with van der Waals surface area (Å²) in [6, 6.07) is 0. The predicted octanol–water partition coefficient (Wildman–Crippen LogP) is 1.26. The number of carbonyl (C=O) groups excluding carboxylic acids is 1. The van der Waals surface area contributed by atoms with Crippen molar-refractivity contribution in [1.82, 2.24) is 0 Å². The van der Waals surface area contributed by atoms with Gasteiger partial charge in [-0.15, -0.1) is 12.6 Å². The number of thiocarbonyl (C=S) groups is 1. The number of halogens is 1. The molecule has 0 aliphatic rings. The van der Waals surface area contributed by atoms with Crippen molar-refractivity contribution in [2.75, 3.05) is 7.11 Å². The van der Waals surface area contributed by atoms with Crippen LogP contribution in [0.5, 0.6) is 0 Å². The van der Waals surface area contributed by atoms with Crippen molar-refractivity contribution in [2.45, 2.75) is 0 Å². The number of hydrogen-bond acceptors (Lipinski definition) is 3. The topological polar surface area (TPSA) is 26.3 Å². The molecule has 0 aromatic heterocycles. The van der Waals surface area contributed by atoms with E-state index in [0.717, 1.165) is 0 Å². The second-order valence-corrected chi connectivity index (χ2v) is 1.70. The fraction of sp³-hybridized carbons (Fsp3) is 0.333. The highest BCUT2D eigenvalue weighted by molar-refractivity contribution is 7.94. The number of carbonyl (C=O) groups is 1. The number of thiol groups is 1. The van der Waals surface area contributed by atoms with Crippen LogP contribution < -0.4 is 0 Å². The maximum atomic E-state index is 8.67. The molecule has 0 aliphatic heterocycles. The van der Waals surface area contributed by atoms with Gasteiger partial charge in [-0.25, -0.2) is 0 Å². The first-order valence-corrected chi connectivity index (χ1v) is 2.80. The van der Waals surface area contributed by atoms with E-state index in [0.29, 0.717) is 5.62 Å². The summed E-state index contributed by atoms with van der Waals surface area (Å²) in [5.41, 5.74) is 0.444. The normalized spacial score (nSPS) is 5.88. The Hall–Kier alpha value is 0.200. The summed E-state index contributed by atoms with van der Waals surface area (Å²) in [6.45, 7) is 0. The SMILES string of the molecule is COC(=S)Cl.O=CS. The van der Waals surface area contributed by atoms with E-state index in [1.165, 1.54) is 7.11 Å². The molecule has 0 amide bonds. The average molecular weight is 173 g/mol. The first-order valence-electron chi connectivity index (χ1n) is 1.50. The summed E-state index contributed by atoms with van der Waals surface area (Å²) < 4.78 is 4.31. The van der Waals surface area contributed by atoms with E-state index in [-0.39, 0.29) is 4.51 Å². The van der Waals surface area contributed by atoms with Gasteiger partial charge < -0.3 is 4.74 Å². The Labute approximate surface area is 63.6 Å². The number of methoxy groups -OCH3 is 1. The molecular formula is C3H5ClO2S2. The monoisotopic (exact) mass is 172 g/mol. The molecule has 0 aromatic rings. The Balaban J connectivity index is 0. The fourth-order valence-electron chi connectivity index (χ4n) is 0. The minimum atomic E-state index is 0.0602. The minimum Gasteiger partial charge on any atom is -0.478 e. The van der Waals surface area contributed by atoms with Crippen LogP contribution in [0.1, 0.15) is 0 Å². The molecule has 0 saturated carbocycles. The molecule has 0 bridgehead atoms. The largest absolute Gasteiger partial charge is 0.478 e. The molecule has 0 rings (SSSR count). The van der Waals surface area contributed by atoms with E-state index in [9.17, 15) is 0 Å². The van der Waals surface area contributed by atoms with Crippen LogP contribution in [0.3, 0.4) is 0 Å². The van der Waals surface area contributed by atoms with Crippen LogP contribution in [-0.2, 0) is 9.53 Å². The molecular weight excluding hydrogens is 168 g/mol. The van der Waals surface area contributed by atoms with Gasteiger partial charge in [-0.05, 0) is 23.8 Å². The van der Waals surface area contributed by atoms with Gasteiger partial charge in [0.2, 0.25) is 0 Å². The standard InChI is InChI=1S/C2H3ClOS.CH2OS/c1-4-2(3)5;2-1-3/h1H3;1H,(H,2,3). The van der Waals surface area contributed by atoms with Crippen molar-refractivity contribution in [3.63, 3.8) is 0 Å². The molecule has 0 aliphatic carbocycles. The first-order chi connectivity index (χ1) is 3.68. The molecule has 0 radical (unpaired) electrons. The van der Waals surface area contributed by atoms with Gasteiger partial charge >= 0.3 is 0 Å². The first kappa shape index (κ1) is 11.1. The fourth-order valence-corrected chi connectivity index (χ4v) is 0. The van der Waals surface area contributed by atoms with Crippen molar-refractivity contribution in [3.05, 3.63) is 0 Å². The second kappa shape index (κ2) is 10.2. The third-order valence-electron chi connectivity index (χ3n) is 0.160. The quantitative estimate of drug-likeness (QED) is 0.258. The van der Waals surface area contributed by atoms with Crippen LogP contribution in [0.4, 0.5) is 0 Å². The lowest BCUT2D eigenvalue weighted by atomic mass is 11.5. The van der Waals surface area contributed by atoms with E-state index >= 15 is 0 Å². The van der Waals surface area contributed by atoms with Crippen molar-refractivity contribution >= 4 is 46.6 Å². The Morgan fingerprint density at radius 2 is 2.12 bits per heavy atom. The summed E-state index contributed by atoms with van der Waals surface area (Å²) in [7, 11) is 1.43. The van der Waals surface area contributed by atoms with E-state index in [1.807, 2.05) is 0 Å². The van der Waals surface area contributed by atoms with E-state index in [1.54, 1.807) is 0 Å². The zero-order chi connectivity index (χ0) is 6.99. The van der Waals surface area contributed by atoms with Gasteiger partial charge in [-0.3, -0.25) is 4.79 Å². The van der Waals surface area contributed by atoms with Crippen LogP contribution in [0.25, 0.3) is 0 Å². The number of rotatable bonds is 0. The molecule has 0 fully saturated rings. The van der Waals surface area contributed by atoms with Gasteiger partial charge in [-0.1, -0.05) is 0 Å². The maximum absolute atomic E-state index is 8.67. The van der Waals surface area contributed by atoms with Crippen LogP contribution in [0.2, 0.25) is 0 Å². The highest BCUT2D eigenvalue weighted by Gasteiger charge is 1.73. The van der Waals surface area contributed by atoms with Crippen molar-refractivity contribution in [1.29, 1.82) is 0 Å². The molecule has 0 heterocycles. The van der Waals surface area contributed by atoms with E-state index in [4.69, 9.17) is 16.4 Å². The molecule has 0 saturated heterocycles. The van der Waals surface area contributed by atoms with Crippen LogP contribution >= 0.6 is 36.4 Å². The Kier molecular flexibility index (Phi) is 14.1. The Bertz CT molecular complexity index is 75.7. The Morgan fingerprint density at radius 1 is 2.00 bits per heavy atom. The molecule has 5 heteroatoms. The zero-order valence-electron chi connectivity index (χ0n) is 4.13. The van der Waals surface area contributed by atoms with Crippen LogP contribution in [0.15, 0.2) is 0 Å². The van der Waals surface area contributed by atoms with Crippen LogP contribution in [0, 0.1) is 0 Å². The zero-order valence-corrected chi connectivity index (χ0v) is 6.59. The van der Waals surface area contributed by atoms with Crippen molar-refractivity contribution < 1.29 is 9.53 Å². The van der Waals surface area contributed by atoms with Gasteiger partial charge in [0, 0.05) is 0 Å². The molecule has 2 nitrogen and oxygen atoms in total. The summed E-state index contributed by atoms with van der Waals surface area (Å²) in [4.78, 5) is 8.67. The third-order valence-corrected chi connectivity index (χ3v) is 0.481. The molecule has 0 N–H and O–H groups in total. The van der Waals surface area contributed by atoms with Crippen molar-refractivity contribution in [2.24, 2.45) is 0 Å². The van der Waals surface area contributed by atoms with Gasteiger partial charge in [0.15, 0.2) is 5.62 Å². The van der Waals surface area contributed by atoms with Gasteiger partial charge in [0.05, 0.1) is 7.11 Å². The third kappa shape index (κ3) is 34.6. The highest BCUT2D eigenvalue weighted by atomic mass is 35.5. The lowest BCUT2D eigenvalue weighted by Gasteiger charge is -1.82. The maximum Gasteiger partial charge on any atom is 0.255 e. The number of hydrogen-bond donors (Lipinski definition) is 1. The van der Waals surface area contributed by atoms with Crippen molar-refractivity contribution in [3.8, 4) is 0 Å². The summed E-state index contributed by atoms with van der Waals surface area (Å²) >= 11 is 12.3. The molecule has 0 unspecified atom stereocenters. The molecule has 0 atom stereocenters. The van der Waals surface area contributed by atoms with Crippen LogP contribution in [-0.4, -0.2) is 17.2 Å². The molecule has 8 heavy (non-hydrogen) atoms. The second-order valence-electron chi connectivity index (χ2n) is 0.547. The molecule has 0 spiro atoms. The Morgan fingerprint density at radius 3 is 2.12 bits per heavy atom. The lowest BCUT2D eigenvalue weighted by molar-refractivity contribution is 0.425. The molecule has 48 valence electrons. The average Bonchev–Trinajstić information content (AvgIpc) is 1.69. The highest BCUT2D eigenvalue weighted by Crippen LogP contribution is 1.80. The molecule has 0 aromatic carbocycles. The summed E-state index contributed by atoms with van der Waals surface area (Å²) in [6.07, 6.45) is 0.